The van der Waals surface area contributed by atoms with Gasteiger partial charge in [0.05, 0.1) is 11.1 Å². The molecule has 1 aliphatic carbocycles. The Bertz CT molecular complexity index is 593. The number of nitrogens with one attached hydrogen (secondary N) is 1. The van der Waals surface area contributed by atoms with Crippen molar-refractivity contribution in [1.29, 1.82) is 0 Å². The molecule has 0 unspecified atom stereocenters. The third-order valence-corrected chi connectivity index (χ3v) is 4.26. The van der Waals surface area contributed by atoms with Gasteiger partial charge in [-0.2, -0.15) is 0 Å². The zero-order valence-corrected chi connectivity index (χ0v) is 15.2. The fourth-order valence-corrected chi connectivity index (χ4v) is 2.70. The van der Waals surface area contributed by atoms with Gasteiger partial charge < -0.3 is 11.1 Å². The van der Waals surface area contributed by atoms with Crippen molar-refractivity contribution in [2.75, 3.05) is 19.6 Å². The number of halogens is 1. The molecule has 2 amide bonds. The van der Waals surface area contributed by atoms with Gasteiger partial charge in [-0.05, 0) is 30.9 Å². The van der Waals surface area contributed by atoms with E-state index in [0.29, 0.717) is 29.5 Å². The number of nitrogens with zero attached hydrogens (tertiary/aromatic N) is 2. The second-order valence-electron chi connectivity index (χ2n) is 5.76. The molecular formula is C16H21IN4O2. The Labute approximate surface area is 152 Å². The highest BCUT2D eigenvalue weighted by atomic mass is 127. The predicted octanol–water partition coefficient (Wildman–Crippen LogP) is 1.60. The summed E-state index contributed by atoms with van der Waals surface area (Å²) in [5.41, 5.74) is 6.73. The van der Waals surface area contributed by atoms with Crippen molar-refractivity contribution in [3.63, 3.8) is 0 Å². The highest BCUT2D eigenvalue weighted by molar-refractivity contribution is 14.0. The number of aliphatic imine (C=N–C) groups is 1. The second kappa shape index (κ2) is 7.76. The third-order valence-electron chi connectivity index (χ3n) is 4.26. The Morgan fingerprint density at radius 2 is 1.83 bits per heavy atom. The van der Waals surface area contributed by atoms with Crippen molar-refractivity contribution in [3.05, 3.63) is 35.4 Å². The lowest BCUT2D eigenvalue weighted by Gasteiger charge is -2.23. The van der Waals surface area contributed by atoms with Gasteiger partial charge in [-0.25, -0.2) is 0 Å². The third kappa shape index (κ3) is 3.82. The quantitative estimate of drug-likeness (QED) is 0.323. The lowest BCUT2D eigenvalue weighted by Crippen LogP contribution is -2.41. The maximum Gasteiger partial charge on any atom is 0.261 e. The topological polar surface area (TPSA) is 87.8 Å². The minimum absolute atomic E-state index is 0. The van der Waals surface area contributed by atoms with Gasteiger partial charge in [0, 0.05) is 19.6 Å². The standard InChI is InChI=1S/C16H20N4O2.HI/c17-16(19-10-11-4-3-5-11)18-8-9-20-14(21)12-6-1-2-7-13(12)15(20)22;/h1-2,6-7,11H,3-5,8-10H2,(H3,17,18,19);1H. The summed E-state index contributed by atoms with van der Waals surface area (Å²) in [6.45, 7) is 1.45. The molecular weight excluding hydrogens is 407 g/mol. The monoisotopic (exact) mass is 428 g/mol. The van der Waals surface area contributed by atoms with Crippen LogP contribution in [0.2, 0.25) is 0 Å². The molecule has 1 aliphatic heterocycles. The molecule has 1 saturated carbocycles. The summed E-state index contributed by atoms with van der Waals surface area (Å²) in [4.78, 5) is 29.9. The van der Waals surface area contributed by atoms with E-state index >= 15 is 0 Å². The first-order chi connectivity index (χ1) is 10.7. The average Bonchev–Trinajstić information content (AvgIpc) is 2.71. The molecule has 0 radical (unpaired) electrons. The van der Waals surface area contributed by atoms with Gasteiger partial charge in [-0.3, -0.25) is 19.5 Å². The molecule has 1 heterocycles. The Kier molecular flexibility index (Phi) is 5.97. The zero-order chi connectivity index (χ0) is 15.5. The Morgan fingerprint density at radius 3 is 2.35 bits per heavy atom. The van der Waals surface area contributed by atoms with Crippen LogP contribution in [0.5, 0.6) is 0 Å². The Hall–Kier alpha value is -1.64. The number of imide groups is 1. The number of amides is 2. The molecule has 1 aromatic rings. The van der Waals surface area contributed by atoms with Crippen molar-refractivity contribution < 1.29 is 9.59 Å². The summed E-state index contributed by atoms with van der Waals surface area (Å²) in [7, 11) is 0. The van der Waals surface area contributed by atoms with Crippen molar-refractivity contribution in [1.82, 2.24) is 10.2 Å². The molecule has 0 atom stereocenters. The zero-order valence-electron chi connectivity index (χ0n) is 12.8. The molecule has 0 spiro atoms. The molecule has 2 aliphatic rings. The molecule has 0 bridgehead atoms. The second-order valence-corrected chi connectivity index (χ2v) is 5.76. The SMILES string of the molecule is I.NC(=NCC1CCC1)NCCN1C(=O)c2ccccc2C1=O. The van der Waals surface area contributed by atoms with Crippen molar-refractivity contribution in [2.45, 2.75) is 19.3 Å². The molecule has 1 fully saturated rings. The molecule has 7 heteroatoms. The molecule has 0 saturated heterocycles. The van der Waals surface area contributed by atoms with E-state index in [0.717, 1.165) is 6.54 Å². The molecule has 3 rings (SSSR count). The minimum Gasteiger partial charge on any atom is -0.370 e. The molecule has 1 aromatic carbocycles. The van der Waals surface area contributed by atoms with Crippen molar-refractivity contribution in [3.8, 4) is 0 Å². The van der Waals surface area contributed by atoms with Gasteiger partial charge in [-0.1, -0.05) is 18.6 Å². The van der Waals surface area contributed by atoms with Crippen LogP contribution in [0.1, 0.15) is 40.0 Å². The average molecular weight is 428 g/mol. The van der Waals surface area contributed by atoms with E-state index in [1.807, 2.05) is 0 Å². The van der Waals surface area contributed by atoms with E-state index in [-0.39, 0.29) is 42.3 Å². The number of carbonyl (C=O) groups excluding carboxylic acids is 2. The smallest absolute Gasteiger partial charge is 0.261 e. The highest BCUT2D eigenvalue weighted by Gasteiger charge is 2.34. The molecule has 23 heavy (non-hydrogen) atoms. The summed E-state index contributed by atoms with van der Waals surface area (Å²) in [5.74, 6) is 0.555. The maximum absolute atomic E-state index is 12.2. The molecule has 3 N–H and O–H groups in total. The van der Waals surface area contributed by atoms with Crippen LogP contribution in [0, 0.1) is 5.92 Å². The summed E-state index contributed by atoms with van der Waals surface area (Å²) >= 11 is 0. The number of fused-ring (bicyclic) bond motifs is 1. The number of carbonyl (C=O) groups is 2. The van der Waals surface area contributed by atoms with Gasteiger partial charge in [0.2, 0.25) is 0 Å². The van der Waals surface area contributed by atoms with Crippen LogP contribution >= 0.6 is 24.0 Å². The summed E-state index contributed by atoms with van der Waals surface area (Å²) in [6, 6.07) is 6.88. The van der Waals surface area contributed by atoms with Crippen LogP contribution in [0.3, 0.4) is 0 Å². The van der Waals surface area contributed by atoms with Crippen LogP contribution in [-0.4, -0.2) is 42.3 Å². The van der Waals surface area contributed by atoms with Gasteiger partial charge in [0.1, 0.15) is 0 Å². The van der Waals surface area contributed by atoms with E-state index in [1.54, 1.807) is 24.3 Å². The number of benzene rings is 1. The number of rotatable bonds is 5. The fourth-order valence-electron chi connectivity index (χ4n) is 2.70. The number of hydrogen-bond donors (Lipinski definition) is 2. The van der Waals surface area contributed by atoms with E-state index in [9.17, 15) is 9.59 Å². The van der Waals surface area contributed by atoms with Gasteiger partial charge in [0.25, 0.3) is 11.8 Å². The van der Waals surface area contributed by atoms with Gasteiger partial charge in [0.15, 0.2) is 5.96 Å². The van der Waals surface area contributed by atoms with E-state index in [4.69, 9.17) is 5.73 Å². The lowest BCUT2D eigenvalue weighted by atomic mass is 9.86. The largest absolute Gasteiger partial charge is 0.370 e. The highest BCUT2D eigenvalue weighted by Crippen LogP contribution is 2.26. The van der Waals surface area contributed by atoms with Crippen LogP contribution in [-0.2, 0) is 0 Å². The Morgan fingerprint density at radius 1 is 1.22 bits per heavy atom. The summed E-state index contributed by atoms with van der Waals surface area (Å²) in [6.07, 6.45) is 3.74. The van der Waals surface area contributed by atoms with E-state index in [2.05, 4.69) is 10.3 Å². The van der Waals surface area contributed by atoms with Crippen LogP contribution in [0.25, 0.3) is 0 Å². The first-order valence-corrected chi connectivity index (χ1v) is 7.66. The lowest BCUT2D eigenvalue weighted by molar-refractivity contribution is 0.0657. The fraction of sp³-hybridized carbons (Fsp3) is 0.438. The predicted molar refractivity (Wildman–Crippen MR) is 99.1 cm³/mol. The first kappa shape index (κ1) is 17.7. The Balaban J connectivity index is 0.00000192. The number of hydrogen-bond acceptors (Lipinski definition) is 3. The molecule has 0 aromatic heterocycles. The first-order valence-electron chi connectivity index (χ1n) is 7.66. The number of guanidine groups is 1. The molecule has 124 valence electrons. The van der Waals surface area contributed by atoms with E-state index < -0.39 is 0 Å². The van der Waals surface area contributed by atoms with Crippen LogP contribution in [0.15, 0.2) is 29.3 Å². The minimum atomic E-state index is -0.243. The van der Waals surface area contributed by atoms with Gasteiger partial charge in [-0.15, -0.1) is 24.0 Å². The van der Waals surface area contributed by atoms with Crippen molar-refractivity contribution in [2.24, 2.45) is 16.6 Å². The summed E-state index contributed by atoms with van der Waals surface area (Å²) in [5, 5.41) is 2.96. The van der Waals surface area contributed by atoms with Gasteiger partial charge >= 0.3 is 0 Å². The summed E-state index contributed by atoms with van der Waals surface area (Å²) < 4.78 is 0. The molecule has 6 nitrogen and oxygen atoms in total. The van der Waals surface area contributed by atoms with Crippen LogP contribution in [0.4, 0.5) is 0 Å². The normalized spacial score (nSPS) is 17.6. The number of nitrogens with two attached hydrogens (primary N) is 1. The van der Waals surface area contributed by atoms with Crippen molar-refractivity contribution >= 4 is 41.8 Å². The maximum atomic E-state index is 12.2. The van der Waals surface area contributed by atoms with E-state index in [1.165, 1.54) is 24.2 Å². The van der Waals surface area contributed by atoms with Crippen LogP contribution < -0.4 is 11.1 Å².